The number of hydrogen-bond donors (Lipinski definition) is 2. The van der Waals surface area contributed by atoms with Gasteiger partial charge in [-0.1, -0.05) is 0 Å². The third kappa shape index (κ3) is 1.44. The number of nitrogens with two attached hydrogens (primary N) is 2. The maximum absolute atomic E-state index is 5.66. The van der Waals surface area contributed by atoms with Crippen LogP contribution in [-0.2, 0) is 4.74 Å². The zero-order chi connectivity index (χ0) is 9.26. The molecule has 0 unspecified atom stereocenters. The largest absolute Gasteiger partial charge is 0.381 e. The molecular formula is C7H13N5O. The second-order valence-electron chi connectivity index (χ2n) is 3.17. The zero-order valence-electron chi connectivity index (χ0n) is 7.31. The van der Waals surface area contributed by atoms with Crippen LogP contribution < -0.4 is 11.6 Å². The van der Waals surface area contributed by atoms with Crippen LogP contribution in [0.3, 0.4) is 0 Å². The minimum absolute atomic E-state index is 0.265. The van der Waals surface area contributed by atoms with Gasteiger partial charge in [0.15, 0.2) is 5.82 Å². The van der Waals surface area contributed by atoms with Crippen molar-refractivity contribution in [3.05, 3.63) is 5.82 Å². The molecule has 1 saturated heterocycles. The Morgan fingerprint density at radius 1 is 1.31 bits per heavy atom. The predicted octanol–water partition coefficient (Wildman–Crippen LogP) is -0.532. The lowest BCUT2D eigenvalue weighted by Crippen LogP contribution is -2.22. The maximum Gasteiger partial charge on any atom is 0.240 e. The Balaban J connectivity index is 2.18. The standard InChI is InChI=1S/C7H13N5O/c8-7-11-10-6(12(7)9)5-1-3-13-4-2-5/h5H,1-4,9H2,(H2,8,11). The number of aromatic nitrogens is 3. The predicted molar refractivity (Wildman–Crippen MR) is 47.4 cm³/mol. The van der Waals surface area contributed by atoms with E-state index in [9.17, 15) is 0 Å². The third-order valence-electron chi connectivity index (χ3n) is 2.34. The molecule has 13 heavy (non-hydrogen) atoms. The molecule has 0 atom stereocenters. The fourth-order valence-corrected chi connectivity index (χ4v) is 1.55. The lowest BCUT2D eigenvalue weighted by atomic mass is 10.00. The van der Waals surface area contributed by atoms with Gasteiger partial charge in [0.2, 0.25) is 5.95 Å². The van der Waals surface area contributed by atoms with Gasteiger partial charge in [-0.3, -0.25) is 0 Å². The van der Waals surface area contributed by atoms with Crippen molar-refractivity contribution in [2.24, 2.45) is 0 Å². The molecule has 6 nitrogen and oxygen atoms in total. The summed E-state index contributed by atoms with van der Waals surface area (Å²) in [5.41, 5.74) is 5.48. The second kappa shape index (κ2) is 3.21. The molecule has 0 saturated carbocycles. The van der Waals surface area contributed by atoms with Crippen molar-refractivity contribution in [3.63, 3.8) is 0 Å². The topological polar surface area (TPSA) is 92.0 Å². The average molecular weight is 183 g/mol. The van der Waals surface area contributed by atoms with Crippen molar-refractivity contribution in [2.45, 2.75) is 18.8 Å². The summed E-state index contributed by atoms with van der Waals surface area (Å²) in [7, 11) is 0. The number of hydrogen-bond acceptors (Lipinski definition) is 5. The minimum atomic E-state index is 0.265. The zero-order valence-corrected chi connectivity index (χ0v) is 7.31. The van der Waals surface area contributed by atoms with Crippen LogP contribution in [-0.4, -0.2) is 28.1 Å². The van der Waals surface area contributed by atoms with Gasteiger partial charge in [-0.25, -0.2) is 4.68 Å². The lowest BCUT2D eigenvalue weighted by molar-refractivity contribution is 0.0831. The van der Waals surface area contributed by atoms with Gasteiger partial charge in [0.05, 0.1) is 0 Å². The van der Waals surface area contributed by atoms with E-state index < -0.39 is 0 Å². The highest BCUT2D eigenvalue weighted by Gasteiger charge is 2.21. The van der Waals surface area contributed by atoms with Gasteiger partial charge < -0.3 is 16.3 Å². The Morgan fingerprint density at radius 2 is 2.00 bits per heavy atom. The monoisotopic (exact) mass is 183 g/mol. The summed E-state index contributed by atoms with van der Waals surface area (Å²) < 4.78 is 6.60. The van der Waals surface area contributed by atoms with Gasteiger partial charge in [0.25, 0.3) is 0 Å². The molecule has 1 aromatic heterocycles. The molecule has 1 aromatic rings. The molecule has 4 N–H and O–H groups in total. The highest BCUT2D eigenvalue weighted by atomic mass is 16.5. The van der Waals surface area contributed by atoms with Crippen molar-refractivity contribution in [1.29, 1.82) is 0 Å². The first-order valence-electron chi connectivity index (χ1n) is 4.32. The first-order valence-corrected chi connectivity index (χ1v) is 4.32. The average Bonchev–Trinajstić information content (AvgIpc) is 2.49. The van der Waals surface area contributed by atoms with Crippen LogP contribution in [0.15, 0.2) is 0 Å². The number of nitrogens with zero attached hydrogens (tertiary/aromatic N) is 3. The van der Waals surface area contributed by atoms with Crippen molar-refractivity contribution in [1.82, 2.24) is 14.9 Å². The SMILES string of the molecule is Nc1nnc(C2CCOCC2)n1N. The van der Waals surface area contributed by atoms with Gasteiger partial charge >= 0.3 is 0 Å². The van der Waals surface area contributed by atoms with Crippen LogP contribution in [0.25, 0.3) is 0 Å². The summed E-state index contributed by atoms with van der Waals surface area (Å²) in [4.78, 5) is 0. The number of nitrogen functional groups attached to an aromatic ring is 2. The first-order chi connectivity index (χ1) is 6.29. The summed E-state index contributed by atoms with van der Waals surface area (Å²) in [5.74, 6) is 7.03. The molecule has 0 amide bonds. The fourth-order valence-electron chi connectivity index (χ4n) is 1.55. The lowest BCUT2D eigenvalue weighted by Gasteiger charge is -2.20. The van der Waals surface area contributed by atoms with Crippen LogP contribution >= 0.6 is 0 Å². The molecule has 1 fully saturated rings. The molecular weight excluding hydrogens is 170 g/mol. The summed E-state index contributed by atoms with van der Waals surface area (Å²) in [6.07, 6.45) is 1.88. The van der Waals surface area contributed by atoms with Gasteiger partial charge in [-0.15, -0.1) is 10.2 Å². The molecule has 2 heterocycles. The number of ether oxygens (including phenoxy) is 1. The molecule has 1 aliphatic heterocycles. The van der Waals surface area contributed by atoms with E-state index in [1.165, 1.54) is 4.68 Å². The highest BCUT2D eigenvalue weighted by Crippen LogP contribution is 2.24. The Kier molecular flexibility index (Phi) is 2.05. The summed E-state index contributed by atoms with van der Waals surface area (Å²) in [6, 6.07) is 0. The Bertz CT molecular complexity index is 291. The van der Waals surface area contributed by atoms with Crippen LogP contribution in [0, 0.1) is 0 Å². The highest BCUT2D eigenvalue weighted by molar-refractivity contribution is 5.19. The molecule has 0 radical (unpaired) electrons. The summed E-state index contributed by atoms with van der Waals surface area (Å²) in [5, 5.41) is 7.66. The molecule has 0 spiro atoms. The van der Waals surface area contributed by atoms with Crippen LogP contribution in [0.5, 0.6) is 0 Å². The smallest absolute Gasteiger partial charge is 0.240 e. The van der Waals surface area contributed by atoms with E-state index in [-0.39, 0.29) is 5.95 Å². The second-order valence-corrected chi connectivity index (χ2v) is 3.17. The van der Waals surface area contributed by atoms with E-state index in [4.69, 9.17) is 16.3 Å². The number of rotatable bonds is 1. The van der Waals surface area contributed by atoms with E-state index in [0.717, 1.165) is 31.9 Å². The van der Waals surface area contributed by atoms with Crippen molar-refractivity contribution < 1.29 is 4.74 Å². The van der Waals surface area contributed by atoms with Gasteiger partial charge in [-0.05, 0) is 12.8 Å². The van der Waals surface area contributed by atoms with Crippen LogP contribution in [0.1, 0.15) is 24.6 Å². The van der Waals surface area contributed by atoms with E-state index in [2.05, 4.69) is 10.2 Å². The van der Waals surface area contributed by atoms with E-state index in [1.807, 2.05) is 0 Å². The Labute approximate surface area is 75.8 Å². The van der Waals surface area contributed by atoms with Gasteiger partial charge in [0, 0.05) is 19.1 Å². The molecule has 6 heteroatoms. The fraction of sp³-hybridized carbons (Fsp3) is 0.714. The van der Waals surface area contributed by atoms with Crippen LogP contribution in [0.4, 0.5) is 5.95 Å². The molecule has 0 aliphatic carbocycles. The molecule has 2 rings (SSSR count). The normalized spacial score (nSPS) is 19.1. The van der Waals surface area contributed by atoms with Crippen LogP contribution in [0.2, 0.25) is 0 Å². The first kappa shape index (κ1) is 8.31. The number of anilines is 1. The maximum atomic E-state index is 5.66. The van der Waals surface area contributed by atoms with Crippen molar-refractivity contribution in [2.75, 3.05) is 24.8 Å². The third-order valence-corrected chi connectivity index (χ3v) is 2.34. The Morgan fingerprint density at radius 3 is 2.54 bits per heavy atom. The van der Waals surface area contributed by atoms with E-state index in [1.54, 1.807) is 0 Å². The van der Waals surface area contributed by atoms with E-state index in [0.29, 0.717) is 5.92 Å². The summed E-state index contributed by atoms with van der Waals surface area (Å²) >= 11 is 0. The Hall–Kier alpha value is -1.30. The molecule has 0 bridgehead atoms. The molecule has 1 aliphatic rings. The van der Waals surface area contributed by atoms with Gasteiger partial charge in [-0.2, -0.15) is 0 Å². The van der Waals surface area contributed by atoms with Gasteiger partial charge in [0.1, 0.15) is 0 Å². The van der Waals surface area contributed by atoms with Crippen molar-refractivity contribution >= 4 is 5.95 Å². The summed E-state index contributed by atoms with van der Waals surface area (Å²) in [6.45, 7) is 1.52. The van der Waals surface area contributed by atoms with Crippen molar-refractivity contribution in [3.8, 4) is 0 Å². The van der Waals surface area contributed by atoms with E-state index >= 15 is 0 Å². The minimum Gasteiger partial charge on any atom is -0.381 e. The quantitative estimate of drug-likeness (QED) is 0.571. The molecule has 72 valence electrons. The molecule has 0 aromatic carbocycles.